The van der Waals surface area contributed by atoms with Gasteiger partial charge in [-0.1, -0.05) is 140 Å². The zero-order chi connectivity index (χ0) is 40.0. The highest BCUT2D eigenvalue weighted by molar-refractivity contribution is 7.45. The molecule has 0 radical (unpaired) electrons. The number of carbonyl (C=O) groups excluding carboxylic acids is 2. The van der Waals surface area contributed by atoms with Crippen LogP contribution in [0.5, 0.6) is 0 Å². The molecule has 0 aliphatic carbocycles. The van der Waals surface area contributed by atoms with E-state index in [1.807, 2.05) is 21.1 Å². The van der Waals surface area contributed by atoms with Crippen LogP contribution in [0.25, 0.3) is 0 Å². The standard InChI is InChI=1S/C44H82NO8P/c1-6-8-10-12-14-16-18-20-21-22-23-25-27-29-31-33-35-37-44(47)53-42(41-52-54(48,49)51-39-38-45(3,4)5)40-50-43(46)36-34-32-30-28-26-24-19-17-15-13-11-9-7-2/h23-26,29,31,42H,6-22,27-28,30,32-41H2,1-5H3/b25-23+,26-24+,31-29+/t42-/m1/s1. The molecule has 0 rings (SSSR count). The molecule has 0 heterocycles. The molecule has 0 N–H and O–H groups in total. The summed E-state index contributed by atoms with van der Waals surface area (Å²) in [5, 5.41) is 0. The number of allylic oxidation sites excluding steroid dienone is 6. The maximum absolute atomic E-state index is 12.6. The minimum absolute atomic E-state index is 0.0404. The van der Waals surface area contributed by atoms with E-state index in [0.29, 0.717) is 23.9 Å². The minimum Gasteiger partial charge on any atom is -0.756 e. The van der Waals surface area contributed by atoms with Crippen molar-refractivity contribution in [1.82, 2.24) is 0 Å². The molecular weight excluding hydrogens is 701 g/mol. The first kappa shape index (κ1) is 52.2. The van der Waals surface area contributed by atoms with Gasteiger partial charge in [0.1, 0.15) is 19.8 Å². The summed E-state index contributed by atoms with van der Waals surface area (Å²) in [6.07, 6.45) is 40.4. The molecule has 0 spiro atoms. The Kier molecular flexibility index (Phi) is 35.6. The molecule has 0 aromatic heterocycles. The quantitative estimate of drug-likeness (QED) is 0.0199. The molecule has 316 valence electrons. The molecule has 0 saturated heterocycles. The summed E-state index contributed by atoms with van der Waals surface area (Å²) >= 11 is 0. The zero-order valence-corrected chi connectivity index (χ0v) is 36.3. The first-order valence-corrected chi connectivity index (χ1v) is 23.2. The predicted molar refractivity (Wildman–Crippen MR) is 222 cm³/mol. The third kappa shape index (κ3) is 39.9. The second-order valence-corrected chi connectivity index (χ2v) is 17.1. The lowest BCUT2D eigenvalue weighted by Crippen LogP contribution is -2.37. The van der Waals surface area contributed by atoms with Gasteiger partial charge in [-0.25, -0.2) is 0 Å². The molecule has 54 heavy (non-hydrogen) atoms. The monoisotopic (exact) mass is 784 g/mol. The van der Waals surface area contributed by atoms with Crippen molar-refractivity contribution in [2.45, 2.75) is 187 Å². The summed E-state index contributed by atoms with van der Waals surface area (Å²) < 4.78 is 33.8. The van der Waals surface area contributed by atoms with E-state index in [-0.39, 0.29) is 26.1 Å². The number of ether oxygens (including phenoxy) is 2. The van der Waals surface area contributed by atoms with Crippen molar-refractivity contribution >= 4 is 19.8 Å². The molecule has 0 aromatic carbocycles. The summed E-state index contributed by atoms with van der Waals surface area (Å²) in [6, 6.07) is 0. The second-order valence-electron chi connectivity index (χ2n) is 15.7. The van der Waals surface area contributed by atoms with Crippen molar-refractivity contribution < 1.29 is 42.1 Å². The fraction of sp³-hybridized carbons (Fsp3) is 0.818. The molecule has 10 heteroatoms. The van der Waals surface area contributed by atoms with Crippen LogP contribution < -0.4 is 4.89 Å². The molecule has 0 aliphatic rings. The Bertz CT molecular complexity index is 1020. The average molecular weight is 784 g/mol. The van der Waals surface area contributed by atoms with E-state index < -0.39 is 32.5 Å². The number of hydrogen-bond acceptors (Lipinski definition) is 8. The summed E-state index contributed by atoms with van der Waals surface area (Å²) in [5.74, 6) is -0.906. The largest absolute Gasteiger partial charge is 0.756 e. The van der Waals surface area contributed by atoms with Gasteiger partial charge in [0.25, 0.3) is 7.82 Å². The van der Waals surface area contributed by atoms with Crippen LogP contribution in [0.15, 0.2) is 36.5 Å². The van der Waals surface area contributed by atoms with Gasteiger partial charge < -0.3 is 27.9 Å². The second kappa shape index (κ2) is 36.8. The lowest BCUT2D eigenvalue weighted by Gasteiger charge is -2.28. The van der Waals surface area contributed by atoms with Gasteiger partial charge in [-0.2, -0.15) is 0 Å². The van der Waals surface area contributed by atoms with Crippen LogP contribution in [0, 0.1) is 0 Å². The SMILES string of the molecule is CCCCCCCC/C=C/CCCCCC(=O)OC[C@H](COP(=O)([O-])OCC[N+](C)(C)C)OC(=O)CCC/C=C/C/C=C/CCCCCCCCCCC. The molecule has 9 nitrogen and oxygen atoms in total. The minimum atomic E-state index is -4.63. The fourth-order valence-corrected chi connectivity index (χ4v) is 6.42. The maximum atomic E-state index is 12.6. The number of hydrogen-bond donors (Lipinski definition) is 0. The highest BCUT2D eigenvalue weighted by Gasteiger charge is 2.21. The van der Waals surface area contributed by atoms with E-state index in [1.165, 1.54) is 96.3 Å². The number of esters is 2. The lowest BCUT2D eigenvalue weighted by atomic mass is 10.1. The average Bonchev–Trinajstić information content (AvgIpc) is 3.12. The number of carbonyl (C=O) groups is 2. The van der Waals surface area contributed by atoms with E-state index in [2.05, 4.69) is 50.3 Å². The molecule has 1 unspecified atom stereocenters. The van der Waals surface area contributed by atoms with Crippen LogP contribution in [0.2, 0.25) is 0 Å². The predicted octanol–water partition coefficient (Wildman–Crippen LogP) is 11.5. The van der Waals surface area contributed by atoms with Gasteiger partial charge in [-0.3, -0.25) is 14.2 Å². The Morgan fingerprint density at radius 3 is 1.54 bits per heavy atom. The Balaban J connectivity index is 4.46. The van der Waals surface area contributed by atoms with Gasteiger partial charge >= 0.3 is 11.9 Å². The molecule has 0 aliphatic heterocycles. The fourth-order valence-electron chi connectivity index (χ4n) is 5.69. The van der Waals surface area contributed by atoms with Crippen LogP contribution >= 0.6 is 7.82 Å². The summed E-state index contributed by atoms with van der Waals surface area (Å²) in [6.45, 7) is 4.15. The topological polar surface area (TPSA) is 111 Å². The molecule has 0 aromatic rings. The molecule has 0 bridgehead atoms. The van der Waals surface area contributed by atoms with Crippen molar-refractivity contribution in [2.24, 2.45) is 0 Å². The smallest absolute Gasteiger partial charge is 0.306 e. The van der Waals surface area contributed by atoms with Crippen molar-refractivity contribution in [2.75, 3.05) is 47.5 Å². The van der Waals surface area contributed by atoms with Crippen LogP contribution in [0.3, 0.4) is 0 Å². The number of rotatable bonds is 39. The molecule has 2 atom stereocenters. The van der Waals surface area contributed by atoms with Crippen molar-refractivity contribution in [3.8, 4) is 0 Å². The maximum Gasteiger partial charge on any atom is 0.306 e. The number of unbranched alkanes of at least 4 members (excludes halogenated alkanes) is 19. The van der Waals surface area contributed by atoms with Crippen molar-refractivity contribution in [1.29, 1.82) is 0 Å². The first-order valence-electron chi connectivity index (χ1n) is 21.7. The first-order chi connectivity index (χ1) is 26.0. The van der Waals surface area contributed by atoms with Gasteiger partial charge in [0.2, 0.25) is 0 Å². The van der Waals surface area contributed by atoms with Gasteiger partial charge in [-0.05, 0) is 64.2 Å². The Hall–Kier alpha value is -1.77. The number of phosphoric acid groups is 1. The Labute approximate surface area is 331 Å². The van der Waals surface area contributed by atoms with Crippen LogP contribution in [0.4, 0.5) is 0 Å². The van der Waals surface area contributed by atoms with E-state index in [0.717, 1.165) is 44.9 Å². The third-order valence-electron chi connectivity index (χ3n) is 9.13. The molecular formula is C44H82NO8P. The molecule has 0 amide bonds. The number of likely N-dealkylation sites (N-methyl/N-ethyl adjacent to an activating group) is 1. The zero-order valence-electron chi connectivity index (χ0n) is 35.4. The molecule has 0 saturated carbocycles. The Morgan fingerprint density at radius 2 is 1.02 bits per heavy atom. The lowest BCUT2D eigenvalue weighted by molar-refractivity contribution is -0.870. The Morgan fingerprint density at radius 1 is 0.574 bits per heavy atom. The van der Waals surface area contributed by atoms with Gasteiger partial charge in [-0.15, -0.1) is 0 Å². The van der Waals surface area contributed by atoms with Crippen LogP contribution in [-0.4, -0.2) is 70.0 Å². The van der Waals surface area contributed by atoms with E-state index in [1.54, 1.807) is 0 Å². The van der Waals surface area contributed by atoms with E-state index in [4.69, 9.17) is 18.5 Å². The third-order valence-corrected chi connectivity index (χ3v) is 10.1. The van der Waals surface area contributed by atoms with E-state index >= 15 is 0 Å². The van der Waals surface area contributed by atoms with E-state index in [9.17, 15) is 19.0 Å². The number of quaternary nitrogens is 1. The van der Waals surface area contributed by atoms with Crippen molar-refractivity contribution in [3.05, 3.63) is 36.5 Å². The summed E-state index contributed by atoms with van der Waals surface area (Å²) in [4.78, 5) is 37.4. The number of phosphoric ester groups is 1. The van der Waals surface area contributed by atoms with Gasteiger partial charge in [0.15, 0.2) is 6.10 Å². The summed E-state index contributed by atoms with van der Waals surface area (Å²) in [7, 11) is 1.13. The highest BCUT2D eigenvalue weighted by atomic mass is 31.2. The summed E-state index contributed by atoms with van der Waals surface area (Å²) in [5.41, 5.74) is 0. The van der Waals surface area contributed by atoms with Crippen LogP contribution in [-0.2, 0) is 32.7 Å². The number of nitrogens with zero attached hydrogens (tertiary/aromatic N) is 1. The van der Waals surface area contributed by atoms with Gasteiger partial charge in [0.05, 0.1) is 27.7 Å². The highest BCUT2D eigenvalue weighted by Crippen LogP contribution is 2.38. The normalized spacial score (nSPS) is 14.0. The molecule has 0 fully saturated rings. The van der Waals surface area contributed by atoms with Crippen molar-refractivity contribution in [3.63, 3.8) is 0 Å². The van der Waals surface area contributed by atoms with Crippen LogP contribution in [0.1, 0.15) is 181 Å². The van der Waals surface area contributed by atoms with Gasteiger partial charge in [0, 0.05) is 12.8 Å².